The van der Waals surface area contributed by atoms with Gasteiger partial charge >= 0.3 is 11.9 Å². The van der Waals surface area contributed by atoms with Gasteiger partial charge in [0.05, 0.1) is 18.6 Å². The molecule has 0 heterocycles. The van der Waals surface area contributed by atoms with E-state index in [1.54, 1.807) is 21.0 Å². The predicted molar refractivity (Wildman–Crippen MR) is 184 cm³/mol. The Hall–Kier alpha value is -1.40. The lowest BCUT2D eigenvalue weighted by molar-refractivity contribution is -0.250. The van der Waals surface area contributed by atoms with E-state index in [0.717, 1.165) is 31.2 Å². The first-order valence-corrected chi connectivity index (χ1v) is 18.5. The maximum atomic E-state index is 13.0. The third kappa shape index (κ3) is 5.52. The van der Waals surface area contributed by atoms with Crippen LogP contribution in [0.2, 0.25) is 0 Å². The number of nitrogens with zero attached hydrogens (tertiary/aromatic N) is 1. The summed E-state index contributed by atoms with van der Waals surface area (Å²) in [5.41, 5.74) is 1.35. The lowest BCUT2D eigenvalue weighted by atomic mass is 9.32. The van der Waals surface area contributed by atoms with Gasteiger partial charge in [0.15, 0.2) is 0 Å². The molecule has 46 heavy (non-hydrogen) atoms. The van der Waals surface area contributed by atoms with Gasteiger partial charge in [-0.2, -0.15) is 0 Å². The summed E-state index contributed by atoms with van der Waals surface area (Å²) in [6.45, 7) is 24.6. The van der Waals surface area contributed by atoms with Gasteiger partial charge in [-0.25, -0.2) is 0 Å². The van der Waals surface area contributed by atoms with Crippen molar-refractivity contribution in [1.29, 1.82) is 0 Å². The molecule has 6 heteroatoms. The summed E-state index contributed by atoms with van der Waals surface area (Å²) in [7, 11) is 4.00. The highest BCUT2D eigenvalue weighted by molar-refractivity contribution is 5.81. The first-order chi connectivity index (χ1) is 21.3. The Morgan fingerprint density at radius 2 is 1.61 bits per heavy atom. The second-order valence-corrected chi connectivity index (χ2v) is 19.0. The standard InChI is InChI=1S/C40H67NO5/c1-26(2)27-14-19-40(22-23-41(10)25-45-11)21-20-38(8)28(33(27)40)12-13-30-37(7)17-16-31(46-32(42)24-35(3,4)34(43)44)36(5,6)29(37)15-18-39(30,38)9/h27-31,33H,1,12-25H2,2-11H3,(H,43,44)/t27-,28+,29-,30+,31-,33+,37-,38+,39+,40+/m0/s1. The summed E-state index contributed by atoms with van der Waals surface area (Å²) >= 11 is 0. The summed E-state index contributed by atoms with van der Waals surface area (Å²) in [5.74, 6) is 1.91. The van der Waals surface area contributed by atoms with E-state index in [0.29, 0.717) is 35.3 Å². The van der Waals surface area contributed by atoms with Gasteiger partial charge in [0.25, 0.3) is 0 Å². The molecule has 0 aliphatic heterocycles. The van der Waals surface area contributed by atoms with Gasteiger partial charge in [-0.1, -0.05) is 46.8 Å². The first-order valence-electron chi connectivity index (χ1n) is 18.5. The summed E-state index contributed by atoms with van der Waals surface area (Å²) in [5, 5.41) is 9.58. The highest BCUT2D eigenvalue weighted by Gasteiger charge is 2.71. The highest BCUT2D eigenvalue weighted by atomic mass is 16.5. The number of hydrogen-bond donors (Lipinski definition) is 1. The SMILES string of the molecule is C=C(C)[C@@H]1CC[C@]2(CCN(C)COC)CC[C@]3(C)[C@H](CC[C@@H]4[C@@]5(C)CC[C@H](OC(=O)CC(C)(C)C(=O)O)C(C)(C)[C@@H]5CC[C@]43C)[C@@H]12. The van der Waals surface area contributed by atoms with E-state index in [4.69, 9.17) is 9.47 Å². The van der Waals surface area contributed by atoms with Crippen LogP contribution in [0.3, 0.4) is 0 Å². The summed E-state index contributed by atoms with van der Waals surface area (Å²) in [6, 6.07) is 0. The van der Waals surface area contributed by atoms with E-state index < -0.39 is 11.4 Å². The van der Waals surface area contributed by atoms with Gasteiger partial charge in [0.2, 0.25) is 0 Å². The maximum absolute atomic E-state index is 13.0. The molecule has 10 atom stereocenters. The van der Waals surface area contributed by atoms with Crippen LogP contribution in [0.25, 0.3) is 0 Å². The van der Waals surface area contributed by atoms with Crippen LogP contribution in [0, 0.1) is 62.1 Å². The number of carboxylic acid groups (broad SMARTS) is 1. The van der Waals surface area contributed by atoms with Gasteiger partial charge in [0, 0.05) is 19.1 Å². The molecule has 5 rings (SSSR count). The van der Waals surface area contributed by atoms with E-state index in [9.17, 15) is 14.7 Å². The zero-order valence-electron chi connectivity index (χ0n) is 31.1. The number of carbonyl (C=O) groups is 2. The van der Waals surface area contributed by atoms with E-state index in [1.165, 1.54) is 63.4 Å². The lowest BCUT2D eigenvalue weighted by Crippen LogP contribution is -2.66. The molecule has 5 aliphatic carbocycles. The molecule has 0 amide bonds. The average Bonchev–Trinajstić information content (AvgIpc) is 3.34. The predicted octanol–water partition coefficient (Wildman–Crippen LogP) is 8.98. The normalized spacial score (nSPS) is 43.2. The van der Waals surface area contributed by atoms with Gasteiger partial charge in [0.1, 0.15) is 6.10 Å². The molecule has 0 unspecified atom stereocenters. The Bertz CT molecular complexity index is 1190. The molecular weight excluding hydrogens is 574 g/mol. The van der Waals surface area contributed by atoms with E-state index >= 15 is 0 Å². The van der Waals surface area contributed by atoms with E-state index in [1.807, 2.05) is 0 Å². The fourth-order valence-electron chi connectivity index (χ4n) is 13.2. The molecule has 5 saturated carbocycles. The monoisotopic (exact) mass is 642 g/mol. The Morgan fingerprint density at radius 1 is 0.913 bits per heavy atom. The van der Waals surface area contributed by atoms with Crippen LogP contribution in [0.4, 0.5) is 0 Å². The molecule has 0 spiro atoms. The molecule has 262 valence electrons. The van der Waals surface area contributed by atoms with Crippen molar-refractivity contribution in [2.75, 3.05) is 27.4 Å². The van der Waals surface area contributed by atoms with E-state index in [-0.39, 0.29) is 34.7 Å². The van der Waals surface area contributed by atoms with Crippen LogP contribution in [0.1, 0.15) is 132 Å². The molecule has 5 fully saturated rings. The Kier molecular flexibility index (Phi) is 9.50. The molecule has 0 radical (unpaired) electrons. The number of ether oxygens (including phenoxy) is 2. The Balaban J connectivity index is 1.39. The zero-order valence-corrected chi connectivity index (χ0v) is 31.1. The summed E-state index contributed by atoms with van der Waals surface area (Å²) < 4.78 is 11.7. The second kappa shape index (κ2) is 12.2. The van der Waals surface area contributed by atoms with Crippen LogP contribution in [0.5, 0.6) is 0 Å². The Morgan fingerprint density at radius 3 is 2.24 bits per heavy atom. The topological polar surface area (TPSA) is 76.1 Å². The van der Waals surface area contributed by atoms with Crippen molar-refractivity contribution in [1.82, 2.24) is 4.90 Å². The molecule has 0 aromatic carbocycles. The largest absolute Gasteiger partial charge is 0.481 e. The average molecular weight is 642 g/mol. The summed E-state index contributed by atoms with van der Waals surface area (Å²) in [6.07, 6.45) is 13.3. The highest BCUT2D eigenvalue weighted by Crippen LogP contribution is 2.78. The number of esters is 1. The number of rotatable bonds is 10. The number of hydrogen-bond acceptors (Lipinski definition) is 5. The zero-order chi connectivity index (χ0) is 34.1. The molecule has 0 saturated heterocycles. The Labute approximate surface area is 280 Å². The van der Waals surface area contributed by atoms with Crippen molar-refractivity contribution in [3.8, 4) is 0 Å². The smallest absolute Gasteiger partial charge is 0.309 e. The number of fused-ring (bicyclic) bond motifs is 7. The number of carbonyl (C=O) groups excluding carboxylic acids is 1. The number of aliphatic carboxylic acids is 1. The molecule has 0 aromatic rings. The van der Waals surface area contributed by atoms with Crippen molar-refractivity contribution < 1.29 is 24.2 Å². The van der Waals surface area contributed by atoms with Crippen LogP contribution < -0.4 is 0 Å². The molecule has 1 N–H and O–H groups in total. The van der Waals surface area contributed by atoms with Crippen LogP contribution >= 0.6 is 0 Å². The van der Waals surface area contributed by atoms with Gasteiger partial charge < -0.3 is 14.6 Å². The van der Waals surface area contributed by atoms with Gasteiger partial charge in [-0.15, -0.1) is 0 Å². The van der Waals surface area contributed by atoms with Gasteiger partial charge in [-0.3, -0.25) is 14.5 Å². The maximum Gasteiger partial charge on any atom is 0.309 e. The van der Waals surface area contributed by atoms with Crippen molar-refractivity contribution in [2.24, 2.45) is 62.1 Å². The van der Waals surface area contributed by atoms with Crippen molar-refractivity contribution in [2.45, 2.75) is 139 Å². The van der Waals surface area contributed by atoms with Crippen molar-refractivity contribution in [3.05, 3.63) is 12.2 Å². The van der Waals surface area contributed by atoms with Crippen molar-refractivity contribution >= 4 is 11.9 Å². The number of methoxy groups -OCH3 is 1. The van der Waals surface area contributed by atoms with Crippen LogP contribution in [0.15, 0.2) is 12.2 Å². The summed E-state index contributed by atoms with van der Waals surface area (Å²) in [4.78, 5) is 27.1. The number of allylic oxidation sites excluding steroid dienone is 1. The second-order valence-electron chi connectivity index (χ2n) is 19.0. The van der Waals surface area contributed by atoms with Crippen molar-refractivity contribution in [3.63, 3.8) is 0 Å². The quantitative estimate of drug-likeness (QED) is 0.146. The molecule has 5 aliphatic rings. The number of carboxylic acids is 1. The van der Waals surface area contributed by atoms with Gasteiger partial charge in [-0.05, 0) is 150 Å². The molecule has 0 aromatic heterocycles. The third-order valence-corrected chi connectivity index (χ3v) is 16.0. The molecular formula is C40H67NO5. The first kappa shape index (κ1) is 35.9. The van der Waals surface area contributed by atoms with Crippen LogP contribution in [-0.2, 0) is 19.1 Å². The fraction of sp³-hybridized carbons (Fsp3) is 0.900. The van der Waals surface area contributed by atoms with Crippen LogP contribution in [-0.4, -0.2) is 55.5 Å². The third-order valence-electron chi connectivity index (χ3n) is 16.0. The minimum absolute atomic E-state index is 0.0895. The molecule has 6 nitrogen and oxygen atoms in total. The molecule has 0 bridgehead atoms. The lowest BCUT2D eigenvalue weighted by Gasteiger charge is -2.73. The minimum atomic E-state index is -1.12. The minimum Gasteiger partial charge on any atom is -0.481 e. The van der Waals surface area contributed by atoms with E-state index in [2.05, 4.69) is 60.1 Å². The fourth-order valence-corrected chi connectivity index (χ4v) is 13.2.